The minimum Gasteiger partial charge on any atom is -0.449 e. The van der Waals surface area contributed by atoms with E-state index in [0.29, 0.717) is 6.61 Å². The molecule has 0 saturated carbocycles. The number of rotatable bonds is 2. The third kappa shape index (κ3) is 3.61. The number of hydrogen-bond donors (Lipinski definition) is 2. The molecule has 1 aliphatic heterocycles. The second kappa shape index (κ2) is 5.04. The summed E-state index contributed by atoms with van der Waals surface area (Å²) in [5, 5.41) is 1.85. The number of ether oxygens (including phenoxy) is 1. The summed E-state index contributed by atoms with van der Waals surface area (Å²) < 4.78 is 4.75. The van der Waals surface area contributed by atoms with Crippen LogP contribution in [-0.4, -0.2) is 36.8 Å². The van der Waals surface area contributed by atoms with Gasteiger partial charge in [-0.1, -0.05) is 0 Å². The third-order valence-electron chi connectivity index (χ3n) is 2.06. The van der Waals surface area contributed by atoms with Crippen molar-refractivity contribution in [2.45, 2.75) is 25.8 Å². The summed E-state index contributed by atoms with van der Waals surface area (Å²) in [4.78, 5) is 11.0. The molecule has 5 nitrogen and oxygen atoms in total. The maximum absolute atomic E-state index is 11.0. The molecule has 76 valence electrons. The van der Waals surface area contributed by atoms with Crippen molar-refractivity contribution in [3.05, 3.63) is 0 Å². The molecule has 1 fully saturated rings. The quantitative estimate of drug-likeness (QED) is 0.642. The number of nitrogens with one attached hydrogen (secondary N) is 1. The lowest BCUT2D eigenvalue weighted by Crippen LogP contribution is -2.49. The average molecular weight is 187 g/mol. The molecule has 1 aliphatic rings. The highest BCUT2D eigenvalue weighted by Crippen LogP contribution is 2.05. The van der Waals surface area contributed by atoms with Crippen molar-refractivity contribution >= 4 is 6.09 Å². The number of nitrogens with zero attached hydrogens (tertiary/aromatic N) is 1. The first-order chi connectivity index (χ1) is 6.22. The summed E-state index contributed by atoms with van der Waals surface area (Å²) in [6.45, 7) is 3.80. The Bertz CT molecular complexity index is 167. The van der Waals surface area contributed by atoms with Crippen LogP contribution in [0.4, 0.5) is 4.79 Å². The Kier molecular flexibility index (Phi) is 3.98. The first-order valence-electron chi connectivity index (χ1n) is 4.66. The van der Waals surface area contributed by atoms with Gasteiger partial charge in [-0.15, -0.1) is 0 Å². The van der Waals surface area contributed by atoms with Crippen LogP contribution in [0.15, 0.2) is 0 Å². The molecule has 0 aromatic carbocycles. The fourth-order valence-corrected chi connectivity index (χ4v) is 1.30. The maximum Gasteiger partial charge on any atom is 0.421 e. The molecule has 0 spiro atoms. The molecule has 0 radical (unpaired) electrons. The maximum atomic E-state index is 11.0. The van der Waals surface area contributed by atoms with Gasteiger partial charge in [0.05, 0.1) is 6.61 Å². The first kappa shape index (κ1) is 10.3. The third-order valence-corrected chi connectivity index (χ3v) is 2.06. The number of carbonyl (C=O) groups is 1. The second-order valence-corrected chi connectivity index (χ2v) is 3.16. The van der Waals surface area contributed by atoms with Gasteiger partial charge < -0.3 is 10.5 Å². The van der Waals surface area contributed by atoms with E-state index in [1.807, 2.05) is 5.01 Å². The van der Waals surface area contributed by atoms with Crippen LogP contribution in [0, 0.1) is 0 Å². The minimum atomic E-state index is -0.377. The molecule has 1 rings (SSSR count). The van der Waals surface area contributed by atoms with E-state index in [9.17, 15) is 4.79 Å². The van der Waals surface area contributed by atoms with Crippen molar-refractivity contribution in [2.24, 2.45) is 5.73 Å². The second-order valence-electron chi connectivity index (χ2n) is 3.16. The zero-order valence-electron chi connectivity index (χ0n) is 7.95. The summed E-state index contributed by atoms with van der Waals surface area (Å²) in [5.41, 5.74) is 8.37. The molecule has 0 aliphatic carbocycles. The number of carbonyl (C=O) groups excluding carboxylic acids is 1. The topological polar surface area (TPSA) is 67.6 Å². The number of piperidine rings is 1. The van der Waals surface area contributed by atoms with Gasteiger partial charge in [-0.05, 0) is 19.8 Å². The Morgan fingerprint density at radius 2 is 2.23 bits per heavy atom. The first-order valence-corrected chi connectivity index (χ1v) is 4.66. The summed E-state index contributed by atoms with van der Waals surface area (Å²) in [6.07, 6.45) is 1.47. The molecule has 5 heteroatoms. The Hall–Kier alpha value is -0.810. The lowest BCUT2D eigenvalue weighted by Gasteiger charge is -2.29. The molecule has 13 heavy (non-hydrogen) atoms. The highest BCUT2D eigenvalue weighted by Gasteiger charge is 2.17. The van der Waals surface area contributed by atoms with Gasteiger partial charge in [0.1, 0.15) is 0 Å². The van der Waals surface area contributed by atoms with Crippen LogP contribution in [0.25, 0.3) is 0 Å². The van der Waals surface area contributed by atoms with Gasteiger partial charge in [-0.3, -0.25) is 5.43 Å². The molecule has 3 N–H and O–H groups in total. The monoisotopic (exact) mass is 187 g/mol. The predicted octanol–water partition coefficient (Wildman–Crippen LogP) is 0.0706. The molecule has 0 aromatic heterocycles. The van der Waals surface area contributed by atoms with Crippen molar-refractivity contribution in [2.75, 3.05) is 19.7 Å². The van der Waals surface area contributed by atoms with Crippen LogP contribution in [0.1, 0.15) is 19.8 Å². The van der Waals surface area contributed by atoms with Crippen molar-refractivity contribution < 1.29 is 9.53 Å². The molecule has 1 heterocycles. The van der Waals surface area contributed by atoms with E-state index in [4.69, 9.17) is 10.5 Å². The molecule has 1 amide bonds. The van der Waals surface area contributed by atoms with Crippen LogP contribution >= 0.6 is 0 Å². The van der Waals surface area contributed by atoms with Crippen molar-refractivity contribution in [3.63, 3.8) is 0 Å². The van der Waals surface area contributed by atoms with Crippen molar-refractivity contribution in [3.8, 4) is 0 Å². The summed E-state index contributed by atoms with van der Waals surface area (Å²) in [6, 6.07) is 0.278. The molecule has 1 saturated heterocycles. The summed E-state index contributed by atoms with van der Waals surface area (Å²) in [5.74, 6) is 0. The van der Waals surface area contributed by atoms with Crippen LogP contribution in [0.2, 0.25) is 0 Å². The molecule has 0 aromatic rings. The van der Waals surface area contributed by atoms with E-state index in [1.165, 1.54) is 0 Å². The highest BCUT2D eigenvalue weighted by molar-refractivity contribution is 5.66. The lowest BCUT2D eigenvalue weighted by molar-refractivity contribution is 0.0955. The number of hydrogen-bond acceptors (Lipinski definition) is 4. The molecular weight excluding hydrogens is 170 g/mol. The van der Waals surface area contributed by atoms with Crippen molar-refractivity contribution in [1.82, 2.24) is 10.4 Å². The highest BCUT2D eigenvalue weighted by atomic mass is 16.6. The molecule has 0 unspecified atom stereocenters. The number of amides is 1. The van der Waals surface area contributed by atoms with Gasteiger partial charge in [0.25, 0.3) is 0 Å². The largest absolute Gasteiger partial charge is 0.449 e. The fraction of sp³-hybridized carbons (Fsp3) is 0.875. The van der Waals surface area contributed by atoms with Gasteiger partial charge in [0, 0.05) is 19.1 Å². The Labute approximate surface area is 78.2 Å². The van der Waals surface area contributed by atoms with E-state index in [-0.39, 0.29) is 12.1 Å². The normalized spacial score (nSPS) is 19.8. The van der Waals surface area contributed by atoms with Crippen molar-refractivity contribution in [1.29, 1.82) is 0 Å². The minimum absolute atomic E-state index is 0.278. The fourth-order valence-electron chi connectivity index (χ4n) is 1.30. The zero-order chi connectivity index (χ0) is 9.68. The Morgan fingerprint density at radius 3 is 2.77 bits per heavy atom. The number of hydrazine groups is 1. The van der Waals surface area contributed by atoms with Gasteiger partial charge in [-0.25, -0.2) is 9.80 Å². The van der Waals surface area contributed by atoms with Gasteiger partial charge >= 0.3 is 6.09 Å². The SMILES string of the molecule is CCOC(=O)NN1CCC(N)CC1. The van der Waals surface area contributed by atoms with Crippen LogP contribution in [0.3, 0.4) is 0 Å². The standard InChI is InChI=1S/C8H17N3O2/c1-2-13-8(12)10-11-5-3-7(9)4-6-11/h7H,2-6,9H2,1H3,(H,10,12). The van der Waals surface area contributed by atoms with E-state index in [0.717, 1.165) is 25.9 Å². The Morgan fingerprint density at radius 1 is 1.62 bits per heavy atom. The van der Waals surface area contributed by atoms with Crippen LogP contribution in [0.5, 0.6) is 0 Å². The molecule has 0 bridgehead atoms. The van der Waals surface area contributed by atoms with Gasteiger partial charge in [0.15, 0.2) is 0 Å². The van der Waals surface area contributed by atoms with Gasteiger partial charge in [-0.2, -0.15) is 0 Å². The lowest BCUT2D eigenvalue weighted by atomic mass is 10.1. The van der Waals surface area contributed by atoms with E-state index in [2.05, 4.69) is 5.43 Å². The average Bonchev–Trinajstić information content (AvgIpc) is 2.09. The zero-order valence-corrected chi connectivity index (χ0v) is 7.95. The smallest absolute Gasteiger partial charge is 0.421 e. The molecular formula is C8H17N3O2. The van der Waals surface area contributed by atoms with Crippen LogP contribution in [-0.2, 0) is 4.74 Å². The van der Waals surface area contributed by atoms with E-state index < -0.39 is 0 Å². The van der Waals surface area contributed by atoms with Crippen LogP contribution < -0.4 is 11.2 Å². The van der Waals surface area contributed by atoms with E-state index in [1.54, 1.807) is 6.92 Å². The molecule has 0 atom stereocenters. The summed E-state index contributed by atoms with van der Waals surface area (Å²) in [7, 11) is 0. The van der Waals surface area contributed by atoms with E-state index >= 15 is 0 Å². The predicted molar refractivity (Wildman–Crippen MR) is 48.9 cm³/mol. The Balaban J connectivity index is 2.18. The van der Waals surface area contributed by atoms with Gasteiger partial charge in [0.2, 0.25) is 0 Å². The summed E-state index contributed by atoms with van der Waals surface area (Å²) >= 11 is 0. The number of nitrogens with two attached hydrogens (primary N) is 1.